The molecule has 1 fully saturated rings. The van der Waals surface area contributed by atoms with Gasteiger partial charge in [0.15, 0.2) is 0 Å². The van der Waals surface area contributed by atoms with Crippen molar-refractivity contribution in [2.45, 2.75) is 33.6 Å². The third-order valence-electron chi connectivity index (χ3n) is 4.11. The largest absolute Gasteiger partial charge is 0.339 e. The summed E-state index contributed by atoms with van der Waals surface area (Å²) in [5, 5.41) is 0.547. The van der Waals surface area contributed by atoms with Gasteiger partial charge in [0.05, 0.1) is 10.6 Å². The van der Waals surface area contributed by atoms with Crippen molar-refractivity contribution < 1.29 is 4.79 Å². The van der Waals surface area contributed by atoms with E-state index in [9.17, 15) is 4.79 Å². The molecule has 0 aromatic heterocycles. The summed E-state index contributed by atoms with van der Waals surface area (Å²) in [5.41, 5.74) is 0.956. The third kappa shape index (κ3) is 3.30. The molecular formula is C16H22ClNO. The summed E-state index contributed by atoms with van der Waals surface area (Å²) in [7, 11) is 0. The Kier molecular flexibility index (Phi) is 4.19. The molecule has 0 atom stereocenters. The van der Waals surface area contributed by atoms with E-state index in [2.05, 4.69) is 20.8 Å². The summed E-state index contributed by atoms with van der Waals surface area (Å²) in [6, 6.07) is 7.29. The highest BCUT2D eigenvalue weighted by atomic mass is 35.5. The first kappa shape index (κ1) is 14.4. The lowest BCUT2D eigenvalue weighted by Crippen LogP contribution is -2.41. The molecular weight excluding hydrogens is 258 g/mol. The van der Waals surface area contributed by atoms with Crippen molar-refractivity contribution in [2.75, 3.05) is 13.1 Å². The molecule has 0 spiro atoms. The number of likely N-dealkylation sites (tertiary alicyclic amines) is 1. The molecule has 1 saturated heterocycles. The molecule has 0 bridgehead atoms. The first-order valence-electron chi connectivity index (χ1n) is 6.93. The topological polar surface area (TPSA) is 20.3 Å². The third-order valence-corrected chi connectivity index (χ3v) is 4.44. The lowest BCUT2D eigenvalue weighted by Gasteiger charge is -2.38. The van der Waals surface area contributed by atoms with Crippen LogP contribution in [0.4, 0.5) is 0 Å². The fourth-order valence-electron chi connectivity index (χ4n) is 2.75. The molecule has 1 aromatic carbocycles. The fourth-order valence-corrected chi connectivity index (χ4v) is 2.97. The van der Waals surface area contributed by atoms with Crippen LogP contribution in [-0.2, 0) is 0 Å². The standard InChI is InChI=1S/C16H22ClNO/c1-16(2,3)12-8-10-18(11-9-12)15(19)13-6-4-5-7-14(13)17/h4-7,12H,8-11H2,1-3H3. The molecule has 1 heterocycles. The number of carbonyl (C=O) groups is 1. The monoisotopic (exact) mass is 279 g/mol. The molecule has 0 aliphatic carbocycles. The Bertz CT molecular complexity index is 456. The fraction of sp³-hybridized carbons (Fsp3) is 0.562. The summed E-state index contributed by atoms with van der Waals surface area (Å²) in [6.07, 6.45) is 2.17. The van der Waals surface area contributed by atoms with Crippen LogP contribution >= 0.6 is 11.6 Å². The van der Waals surface area contributed by atoms with Crippen molar-refractivity contribution in [3.05, 3.63) is 34.9 Å². The van der Waals surface area contributed by atoms with Gasteiger partial charge in [-0.05, 0) is 36.3 Å². The highest BCUT2D eigenvalue weighted by Gasteiger charge is 2.30. The molecule has 1 amide bonds. The van der Waals surface area contributed by atoms with Crippen LogP contribution in [0.2, 0.25) is 5.02 Å². The van der Waals surface area contributed by atoms with Gasteiger partial charge in [-0.25, -0.2) is 0 Å². The van der Waals surface area contributed by atoms with E-state index in [1.807, 2.05) is 17.0 Å². The average molecular weight is 280 g/mol. The Labute approximate surface area is 120 Å². The van der Waals surface area contributed by atoms with Crippen LogP contribution in [0.15, 0.2) is 24.3 Å². The van der Waals surface area contributed by atoms with Crippen molar-refractivity contribution in [1.82, 2.24) is 4.90 Å². The Hall–Kier alpha value is -1.02. The quantitative estimate of drug-likeness (QED) is 0.753. The van der Waals surface area contributed by atoms with E-state index in [0.29, 0.717) is 21.9 Å². The van der Waals surface area contributed by atoms with Gasteiger partial charge in [0.1, 0.15) is 0 Å². The second kappa shape index (κ2) is 5.54. The number of halogens is 1. The van der Waals surface area contributed by atoms with Crippen LogP contribution < -0.4 is 0 Å². The van der Waals surface area contributed by atoms with Crippen molar-refractivity contribution in [2.24, 2.45) is 11.3 Å². The SMILES string of the molecule is CC(C)(C)C1CCN(C(=O)c2ccccc2Cl)CC1. The first-order valence-corrected chi connectivity index (χ1v) is 7.31. The number of hydrogen-bond acceptors (Lipinski definition) is 1. The smallest absolute Gasteiger partial charge is 0.255 e. The van der Waals surface area contributed by atoms with E-state index in [-0.39, 0.29) is 5.91 Å². The van der Waals surface area contributed by atoms with Crippen molar-refractivity contribution in [3.63, 3.8) is 0 Å². The van der Waals surface area contributed by atoms with Crippen molar-refractivity contribution >= 4 is 17.5 Å². The minimum atomic E-state index is 0.0676. The van der Waals surface area contributed by atoms with Crippen molar-refractivity contribution in [1.29, 1.82) is 0 Å². The maximum absolute atomic E-state index is 12.4. The van der Waals surface area contributed by atoms with E-state index in [1.54, 1.807) is 12.1 Å². The van der Waals surface area contributed by atoms with Gasteiger partial charge in [-0.15, -0.1) is 0 Å². The predicted octanol–water partition coefficient (Wildman–Crippen LogP) is 4.24. The maximum atomic E-state index is 12.4. The van der Waals surface area contributed by atoms with Gasteiger partial charge in [0.2, 0.25) is 0 Å². The van der Waals surface area contributed by atoms with Crippen LogP contribution in [0.25, 0.3) is 0 Å². The first-order chi connectivity index (χ1) is 8.89. The maximum Gasteiger partial charge on any atom is 0.255 e. The van der Waals surface area contributed by atoms with E-state index in [4.69, 9.17) is 11.6 Å². The number of carbonyl (C=O) groups excluding carboxylic acids is 1. The number of amides is 1. The number of rotatable bonds is 1. The van der Waals surface area contributed by atoms with Crippen LogP contribution in [-0.4, -0.2) is 23.9 Å². The zero-order valence-corrected chi connectivity index (χ0v) is 12.7. The van der Waals surface area contributed by atoms with E-state index in [0.717, 1.165) is 25.9 Å². The molecule has 0 saturated carbocycles. The molecule has 2 rings (SSSR count). The average Bonchev–Trinajstić information content (AvgIpc) is 2.38. The van der Waals surface area contributed by atoms with Gasteiger partial charge >= 0.3 is 0 Å². The zero-order valence-electron chi connectivity index (χ0n) is 11.9. The number of piperidine rings is 1. The molecule has 1 aliphatic rings. The summed E-state index contributed by atoms with van der Waals surface area (Å²) in [5.74, 6) is 0.765. The number of benzene rings is 1. The Morgan fingerprint density at radius 1 is 1.21 bits per heavy atom. The van der Waals surface area contributed by atoms with Gasteiger partial charge in [-0.3, -0.25) is 4.79 Å². The van der Waals surface area contributed by atoms with Crippen molar-refractivity contribution in [3.8, 4) is 0 Å². The summed E-state index contributed by atoms with van der Waals surface area (Å²) in [6.45, 7) is 8.52. The lowest BCUT2D eigenvalue weighted by molar-refractivity contribution is 0.0609. The minimum absolute atomic E-state index is 0.0676. The number of nitrogens with zero attached hydrogens (tertiary/aromatic N) is 1. The second-order valence-electron chi connectivity index (χ2n) is 6.41. The normalized spacial score (nSPS) is 17.6. The summed E-state index contributed by atoms with van der Waals surface area (Å²) < 4.78 is 0. The second-order valence-corrected chi connectivity index (χ2v) is 6.82. The Morgan fingerprint density at radius 2 is 1.79 bits per heavy atom. The zero-order chi connectivity index (χ0) is 14.0. The van der Waals surface area contributed by atoms with Crippen LogP contribution in [0.5, 0.6) is 0 Å². The highest BCUT2D eigenvalue weighted by molar-refractivity contribution is 6.33. The molecule has 3 heteroatoms. The van der Waals surface area contributed by atoms with E-state index >= 15 is 0 Å². The summed E-state index contributed by atoms with van der Waals surface area (Å²) >= 11 is 6.09. The number of hydrogen-bond donors (Lipinski definition) is 0. The van der Waals surface area contributed by atoms with Gasteiger partial charge in [0.25, 0.3) is 5.91 Å². The van der Waals surface area contributed by atoms with Gasteiger partial charge in [0, 0.05) is 13.1 Å². The molecule has 0 N–H and O–H groups in total. The highest BCUT2D eigenvalue weighted by Crippen LogP contribution is 2.34. The molecule has 0 radical (unpaired) electrons. The molecule has 1 aliphatic heterocycles. The van der Waals surface area contributed by atoms with E-state index in [1.165, 1.54) is 0 Å². The molecule has 1 aromatic rings. The predicted molar refractivity (Wildman–Crippen MR) is 79.5 cm³/mol. The minimum Gasteiger partial charge on any atom is -0.339 e. The molecule has 2 nitrogen and oxygen atoms in total. The lowest BCUT2D eigenvalue weighted by atomic mass is 9.75. The van der Waals surface area contributed by atoms with Gasteiger partial charge in [-0.1, -0.05) is 44.5 Å². The van der Waals surface area contributed by atoms with Gasteiger partial charge in [-0.2, -0.15) is 0 Å². The van der Waals surface area contributed by atoms with Crippen LogP contribution in [0.3, 0.4) is 0 Å². The molecule has 104 valence electrons. The van der Waals surface area contributed by atoms with Crippen LogP contribution in [0, 0.1) is 11.3 Å². The Balaban J connectivity index is 2.03. The van der Waals surface area contributed by atoms with Gasteiger partial charge < -0.3 is 4.90 Å². The summed E-state index contributed by atoms with van der Waals surface area (Å²) in [4.78, 5) is 14.4. The van der Waals surface area contributed by atoms with E-state index < -0.39 is 0 Å². The molecule has 0 unspecified atom stereocenters. The van der Waals surface area contributed by atoms with Crippen LogP contribution in [0.1, 0.15) is 44.0 Å². The Morgan fingerprint density at radius 3 is 2.32 bits per heavy atom. The molecule has 19 heavy (non-hydrogen) atoms.